The van der Waals surface area contributed by atoms with Crippen LogP contribution in [0.2, 0.25) is 0 Å². The Bertz CT molecular complexity index is 768. The largest absolute Gasteiger partial charge is 0.355 e. The van der Waals surface area contributed by atoms with Gasteiger partial charge >= 0.3 is 6.72 Å². The van der Waals surface area contributed by atoms with Gasteiger partial charge in [0.05, 0.1) is 19.8 Å². The molecule has 0 aliphatic rings. The number of allylic oxidation sites excluding steroid dienone is 8. The van der Waals surface area contributed by atoms with Crippen molar-refractivity contribution in [3.05, 3.63) is 48.6 Å². The molecule has 47 heavy (non-hydrogen) atoms. The number of likely N-dealkylation sites (N-methyl/N-ethyl adjacent to an activating group) is 1. The van der Waals surface area contributed by atoms with Crippen LogP contribution in [0.25, 0.3) is 0 Å². The van der Waals surface area contributed by atoms with Crippen molar-refractivity contribution in [2.75, 3.05) is 34.4 Å². The van der Waals surface area contributed by atoms with E-state index in [9.17, 15) is 0 Å². The Morgan fingerprint density at radius 3 is 1.38 bits per heavy atom. The van der Waals surface area contributed by atoms with Gasteiger partial charge in [0.15, 0.2) is 0 Å². The molecule has 0 aromatic heterocycles. The van der Waals surface area contributed by atoms with Crippen molar-refractivity contribution in [3.63, 3.8) is 0 Å². The third-order valence-electron chi connectivity index (χ3n) is 8.19. The molecule has 0 aromatic rings. The van der Waals surface area contributed by atoms with Crippen LogP contribution in [0.1, 0.15) is 168 Å². The summed E-state index contributed by atoms with van der Waals surface area (Å²) in [6, 6.07) is 0. The van der Waals surface area contributed by atoms with Crippen LogP contribution in [0.3, 0.4) is 0 Å². The molecule has 1 unspecified atom stereocenters. The van der Waals surface area contributed by atoms with E-state index < -0.39 is 6.72 Å². The van der Waals surface area contributed by atoms with Crippen molar-refractivity contribution in [3.8, 4) is 0 Å². The molecule has 0 heterocycles. The molecule has 0 rings (SSSR count). The molecule has 0 radical (unpaired) electrons. The fraction of sp³-hybridized carbons (Fsp3) is 0.800. The summed E-state index contributed by atoms with van der Waals surface area (Å²) < 4.78 is 17.8. The molecule has 0 saturated carbocycles. The molecule has 0 bridgehead atoms. The summed E-state index contributed by atoms with van der Waals surface area (Å²) in [5, 5.41) is 0. The van der Waals surface area contributed by atoms with Crippen molar-refractivity contribution >= 4 is 18.5 Å². The van der Waals surface area contributed by atoms with E-state index in [-0.39, 0.29) is 6.10 Å². The zero-order valence-electron chi connectivity index (χ0n) is 31.5. The summed E-state index contributed by atoms with van der Waals surface area (Å²) in [6.45, 7) is 2.77. The van der Waals surface area contributed by atoms with Crippen molar-refractivity contribution in [1.82, 2.24) is 4.90 Å². The molecule has 0 N–H and O–H groups in total. The molecule has 0 spiro atoms. The second-order valence-electron chi connectivity index (χ2n) is 13.1. The minimum atomic E-state index is -2.95. The quantitative estimate of drug-likeness (QED) is 0.0213. The van der Waals surface area contributed by atoms with Gasteiger partial charge in [0.2, 0.25) is 0 Å². The second kappa shape index (κ2) is 36.7. The van der Waals surface area contributed by atoms with Gasteiger partial charge in [-0.3, -0.25) is 0 Å². The predicted molar refractivity (Wildman–Crippen MR) is 210 cm³/mol. The number of nitrogens with zero attached hydrogens (tertiary/aromatic N) is 1. The van der Waals surface area contributed by atoms with Crippen molar-refractivity contribution in [2.24, 2.45) is 0 Å². The third kappa shape index (κ3) is 35.1. The minimum Gasteiger partial charge on any atom is -0.307 e. The van der Waals surface area contributed by atoms with E-state index in [0.29, 0.717) is 6.61 Å². The zero-order valence-corrected chi connectivity index (χ0v) is 33.2. The summed E-state index contributed by atoms with van der Waals surface area (Å²) in [5.74, 6) is 0. The van der Waals surface area contributed by atoms with Crippen molar-refractivity contribution < 1.29 is 18.6 Å². The van der Waals surface area contributed by atoms with E-state index in [1.54, 1.807) is 0 Å². The fourth-order valence-electron chi connectivity index (χ4n) is 5.27. The highest BCUT2D eigenvalue weighted by atomic mass is 32.5. The van der Waals surface area contributed by atoms with Crippen LogP contribution < -0.4 is 0 Å². The number of unbranched alkanes of at least 4 members (excludes halogenated alkanes) is 16. The molecule has 5 nitrogen and oxygen atoms in total. The zero-order chi connectivity index (χ0) is 34.5. The summed E-state index contributed by atoms with van der Waals surface area (Å²) in [5.41, 5.74) is 0. The molecule has 0 fully saturated rings. The maximum absolute atomic E-state index is 6.41. The standard InChI is InChI=1S/C40H76NO4PS/c1-6-8-10-12-14-16-18-20-22-24-26-28-30-32-34-36-40(44-46(47,45-42-5)43-39-38-41(3)4)37-35-33-31-29-27-25-23-21-19-17-15-13-11-9-7-2/h12-15,18-21,40H,6-11,16-17,22-39H2,1-5H3/b14-12-,15-13-,20-18-,21-19-. The van der Waals surface area contributed by atoms with Crippen LogP contribution >= 0.6 is 6.72 Å². The maximum Gasteiger partial charge on any atom is 0.355 e. The van der Waals surface area contributed by atoms with Gasteiger partial charge in [-0.05, 0) is 90.1 Å². The Labute approximate surface area is 298 Å². The molecular weight excluding hydrogens is 621 g/mol. The first-order chi connectivity index (χ1) is 23.0. The SMILES string of the molecule is CCCC/C=C\C/C=C\CCCCCCCCC(CCCCCCCC/C=C\C/C=C\CCCC)OP(=S)(OCCN(C)C)OOC. The maximum atomic E-state index is 6.41. The lowest BCUT2D eigenvalue weighted by Crippen LogP contribution is -2.19. The Kier molecular flexibility index (Phi) is 36.2. The Morgan fingerprint density at radius 2 is 0.979 bits per heavy atom. The summed E-state index contributed by atoms with van der Waals surface area (Å²) in [4.78, 5) is 7.06. The highest BCUT2D eigenvalue weighted by Crippen LogP contribution is 2.52. The van der Waals surface area contributed by atoms with Gasteiger partial charge in [-0.2, -0.15) is 0 Å². The van der Waals surface area contributed by atoms with E-state index in [1.807, 2.05) is 14.1 Å². The fourth-order valence-corrected chi connectivity index (χ4v) is 7.24. The van der Waals surface area contributed by atoms with Gasteiger partial charge in [0.25, 0.3) is 0 Å². The lowest BCUT2D eigenvalue weighted by atomic mass is 10.0. The molecule has 0 saturated heterocycles. The van der Waals surface area contributed by atoms with Crippen LogP contribution in [0.5, 0.6) is 0 Å². The summed E-state index contributed by atoms with van der Waals surface area (Å²) in [6.07, 6.45) is 47.9. The van der Waals surface area contributed by atoms with E-state index in [1.165, 1.54) is 123 Å². The lowest BCUT2D eigenvalue weighted by molar-refractivity contribution is -0.194. The minimum absolute atomic E-state index is 0.0534. The normalized spacial score (nSPS) is 13.9. The van der Waals surface area contributed by atoms with Gasteiger partial charge in [-0.1, -0.05) is 152 Å². The molecule has 1 atom stereocenters. The first-order valence-corrected chi connectivity index (χ1v) is 21.9. The molecule has 0 amide bonds. The molecule has 0 aliphatic carbocycles. The van der Waals surface area contributed by atoms with Crippen LogP contribution in [-0.2, 0) is 30.4 Å². The molecule has 0 aliphatic heterocycles. The third-order valence-corrected chi connectivity index (χ3v) is 10.3. The van der Waals surface area contributed by atoms with E-state index >= 15 is 0 Å². The number of hydrogen-bond donors (Lipinski definition) is 0. The summed E-state index contributed by atoms with van der Waals surface area (Å²) in [7, 11) is 5.52. The smallest absolute Gasteiger partial charge is 0.307 e. The number of hydrogen-bond acceptors (Lipinski definition) is 6. The number of rotatable bonds is 36. The second-order valence-corrected chi connectivity index (χ2v) is 15.9. The van der Waals surface area contributed by atoms with Gasteiger partial charge in [-0.15, -0.1) is 4.67 Å². The van der Waals surface area contributed by atoms with E-state index in [0.717, 1.165) is 45.1 Å². The van der Waals surface area contributed by atoms with Crippen LogP contribution in [0.15, 0.2) is 48.6 Å². The Hall–Kier alpha value is -0.590. The van der Waals surface area contributed by atoms with Gasteiger partial charge in [-0.25, -0.2) is 4.89 Å². The van der Waals surface area contributed by atoms with E-state index in [2.05, 4.69) is 67.4 Å². The topological polar surface area (TPSA) is 40.2 Å². The lowest BCUT2D eigenvalue weighted by Gasteiger charge is -2.26. The molecule has 276 valence electrons. The first kappa shape index (κ1) is 46.4. The highest BCUT2D eigenvalue weighted by Gasteiger charge is 2.27. The Balaban J connectivity index is 4.38. The van der Waals surface area contributed by atoms with Crippen molar-refractivity contribution in [1.29, 1.82) is 0 Å². The average Bonchev–Trinajstić information content (AvgIpc) is 3.04. The van der Waals surface area contributed by atoms with Crippen LogP contribution in [0, 0.1) is 0 Å². The average molecular weight is 698 g/mol. The Morgan fingerprint density at radius 1 is 0.574 bits per heavy atom. The van der Waals surface area contributed by atoms with Crippen LogP contribution in [0.4, 0.5) is 0 Å². The summed E-state index contributed by atoms with van der Waals surface area (Å²) >= 11 is 5.73. The predicted octanol–water partition coefficient (Wildman–Crippen LogP) is 13.4. The monoisotopic (exact) mass is 698 g/mol. The highest BCUT2D eigenvalue weighted by molar-refractivity contribution is 8.07. The van der Waals surface area contributed by atoms with Gasteiger partial charge in [0, 0.05) is 6.54 Å². The van der Waals surface area contributed by atoms with Crippen molar-refractivity contribution in [2.45, 2.75) is 174 Å². The molecular formula is C40H76NO4PS. The molecule has 0 aromatic carbocycles. The first-order valence-electron chi connectivity index (χ1n) is 19.4. The van der Waals surface area contributed by atoms with E-state index in [4.69, 9.17) is 30.4 Å². The van der Waals surface area contributed by atoms with Gasteiger partial charge in [0.1, 0.15) is 0 Å². The molecule has 7 heteroatoms. The van der Waals surface area contributed by atoms with Gasteiger partial charge < -0.3 is 13.9 Å². The van der Waals surface area contributed by atoms with Crippen LogP contribution in [-0.4, -0.2) is 45.4 Å².